The fourth-order valence-corrected chi connectivity index (χ4v) is 9.02. The Balaban J connectivity index is 0.768. The number of benzene rings is 3. The van der Waals surface area contributed by atoms with E-state index >= 15 is 0 Å². The molecule has 63 heavy (non-hydrogen) atoms. The van der Waals surface area contributed by atoms with E-state index < -0.39 is 5.91 Å². The number of urea groups is 1. The van der Waals surface area contributed by atoms with Crippen LogP contribution in [0.2, 0.25) is 0 Å². The van der Waals surface area contributed by atoms with Gasteiger partial charge < -0.3 is 24.6 Å². The zero-order valence-electron chi connectivity index (χ0n) is 36.6. The highest BCUT2D eigenvalue weighted by molar-refractivity contribution is 6.05. The summed E-state index contributed by atoms with van der Waals surface area (Å²) in [6.45, 7) is 17.6. The summed E-state index contributed by atoms with van der Waals surface area (Å²) < 4.78 is 5.25. The van der Waals surface area contributed by atoms with Gasteiger partial charge in [-0.3, -0.25) is 24.7 Å². The third kappa shape index (κ3) is 9.01. The molecule has 3 aliphatic rings. The van der Waals surface area contributed by atoms with Crippen molar-refractivity contribution in [3.05, 3.63) is 102 Å². The molecule has 3 saturated heterocycles. The van der Waals surface area contributed by atoms with Crippen LogP contribution in [0.15, 0.2) is 83.6 Å². The van der Waals surface area contributed by atoms with Gasteiger partial charge in [0.25, 0.3) is 0 Å². The molecule has 15 heteroatoms. The lowest BCUT2D eigenvalue weighted by atomic mass is 9.95. The number of H-pyrrole nitrogens is 1. The third-order valence-electron chi connectivity index (χ3n) is 12.7. The molecule has 3 aliphatic heterocycles. The smallest absolute Gasteiger partial charge is 0.328 e. The van der Waals surface area contributed by atoms with Crippen LogP contribution in [0.4, 0.5) is 21.9 Å². The highest BCUT2D eigenvalue weighted by Gasteiger charge is 2.28. The number of carbonyl (C=O) groups is 3. The Bertz CT molecular complexity index is 2620. The van der Waals surface area contributed by atoms with Crippen molar-refractivity contribution >= 4 is 45.9 Å². The van der Waals surface area contributed by atoms with E-state index in [0.29, 0.717) is 24.7 Å². The Morgan fingerprint density at radius 1 is 0.841 bits per heavy atom. The first kappa shape index (κ1) is 41.7. The fraction of sp³-hybridized carbons (Fsp3) is 0.396. The van der Waals surface area contributed by atoms with Crippen molar-refractivity contribution in [1.29, 1.82) is 0 Å². The summed E-state index contributed by atoms with van der Waals surface area (Å²) in [7, 11) is 0. The van der Waals surface area contributed by atoms with Gasteiger partial charge in [0.15, 0.2) is 5.82 Å². The molecule has 1 atom stereocenters. The summed E-state index contributed by atoms with van der Waals surface area (Å²) in [5.74, 6) is 0.501. The van der Waals surface area contributed by atoms with E-state index in [1.165, 1.54) is 11.4 Å². The molecule has 6 aromatic rings. The maximum absolute atomic E-state index is 12.9. The number of aromatic nitrogens is 5. The average Bonchev–Trinajstić information content (AvgIpc) is 3.97. The largest absolute Gasteiger partial charge is 0.372 e. The number of hydrogen-bond acceptors (Lipinski definition) is 11. The van der Waals surface area contributed by atoms with Crippen molar-refractivity contribution in [3.63, 3.8) is 0 Å². The molecule has 0 spiro atoms. The predicted molar refractivity (Wildman–Crippen MR) is 244 cm³/mol. The second-order valence-corrected chi connectivity index (χ2v) is 18.1. The first-order valence-electron chi connectivity index (χ1n) is 22.0. The molecular weight excluding hydrogens is 795 g/mol. The van der Waals surface area contributed by atoms with Crippen LogP contribution in [0, 0.1) is 12.8 Å². The fourth-order valence-electron chi connectivity index (χ4n) is 9.02. The number of aromatic amines is 1. The van der Waals surface area contributed by atoms with Gasteiger partial charge in [0, 0.05) is 97.9 Å². The van der Waals surface area contributed by atoms with Crippen molar-refractivity contribution in [2.75, 3.05) is 67.1 Å². The van der Waals surface area contributed by atoms with E-state index in [4.69, 9.17) is 9.51 Å². The third-order valence-corrected chi connectivity index (χ3v) is 12.7. The maximum Gasteiger partial charge on any atom is 0.328 e. The zero-order chi connectivity index (χ0) is 43.8. The number of imide groups is 1. The SMILES string of the molecule is Cc1cc(-c2ncnc3[nH]c(-c4ccc(N5CCN(CC6CCN(c7ccc(N8CCC(=O)NC8=O)cc7)CC6)CC5)cc4)cc23)ccc1[C@@H](C)NC(=O)c1nc(C(C)(C)C)no1. The minimum absolute atomic E-state index is 0.0454. The van der Waals surface area contributed by atoms with Crippen molar-refractivity contribution < 1.29 is 18.9 Å². The summed E-state index contributed by atoms with van der Waals surface area (Å²) in [6, 6.07) is 24.6. The summed E-state index contributed by atoms with van der Waals surface area (Å²) in [4.78, 5) is 63.0. The molecule has 3 aromatic heterocycles. The second kappa shape index (κ2) is 17.3. The average molecular weight is 850 g/mol. The number of rotatable bonds is 10. The van der Waals surface area contributed by atoms with E-state index in [1.807, 2.05) is 58.9 Å². The van der Waals surface area contributed by atoms with E-state index in [2.05, 4.69) is 94.0 Å². The molecular formula is C48H55N11O4. The minimum atomic E-state index is -0.406. The van der Waals surface area contributed by atoms with Gasteiger partial charge in [-0.05, 0) is 97.8 Å². The van der Waals surface area contributed by atoms with E-state index in [9.17, 15) is 14.4 Å². The van der Waals surface area contributed by atoms with Crippen molar-refractivity contribution in [3.8, 4) is 22.5 Å². The van der Waals surface area contributed by atoms with Crippen LogP contribution in [0.1, 0.15) is 80.6 Å². The number of hydrogen-bond donors (Lipinski definition) is 3. The van der Waals surface area contributed by atoms with Crippen LogP contribution in [0.5, 0.6) is 0 Å². The quantitative estimate of drug-likeness (QED) is 0.127. The van der Waals surface area contributed by atoms with Crippen molar-refractivity contribution in [2.24, 2.45) is 5.92 Å². The molecule has 4 amide bonds. The predicted octanol–water partition coefficient (Wildman–Crippen LogP) is 7.26. The Morgan fingerprint density at radius 3 is 2.17 bits per heavy atom. The molecule has 3 aromatic carbocycles. The highest BCUT2D eigenvalue weighted by atomic mass is 16.5. The van der Waals surface area contributed by atoms with Crippen LogP contribution in [-0.4, -0.2) is 100 Å². The lowest BCUT2D eigenvalue weighted by Gasteiger charge is -2.40. The molecule has 0 bridgehead atoms. The molecule has 0 radical (unpaired) electrons. The number of aryl methyl sites for hydroxylation is 1. The number of piperazine rings is 1. The molecule has 0 saturated carbocycles. The second-order valence-electron chi connectivity index (χ2n) is 18.1. The Labute approximate surface area is 367 Å². The molecule has 0 aliphatic carbocycles. The molecule has 0 unspecified atom stereocenters. The number of amides is 4. The molecule has 9 rings (SSSR count). The monoisotopic (exact) mass is 849 g/mol. The normalized spacial score (nSPS) is 17.3. The number of piperidine rings is 1. The zero-order valence-corrected chi connectivity index (χ0v) is 36.6. The summed E-state index contributed by atoms with van der Waals surface area (Å²) in [5, 5.41) is 10.3. The van der Waals surface area contributed by atoms with Gasteiger partial charge in [-0.2, -0.15) is 4.98 Å². The van der Waals surface area contributed by atoms with Gasteiger partial charge >= 0.3 is 17.8 Å². The van der Waals surface area contributed by atoms with Crippen molar-refractivity contribution in [2.45, 2.75) is 65.3 Å². The standard InChI is InChI=1S/C48H55N11O4/c1-30-26-34(8-15-38(30)31(2)51-44(61)45-54-46(55-63-45)48(3,4)5)42-39-27-40(52-43(39)50-29-49-42)33-6-9-35(10-7-33)58-24-22-56(23-25-58)28-32-16-19-57(20-17-32)36-11-13-37(14-12-36)59-21-18-41(60)53-47(59)62/h6-15,26-27,29,31-32H,16-25,28H2,1-5H3,(H,51,61)(H,49,50,52)(H,53,60,62)/t31-/m1/s1. The maximum atomic E-state index is 12.9. The van der Waals surface area contributed by atoms with Gasteiger partial charge in [0.05, 0.1) is 11.7 Å². The minimum Gasteiger partial charge on any atom is -0.372 e. The van der Waals surface area contributed by atoms with Gasteiger partial charge in [-0.1, -0.05) is 50.2 Å². The summed E-state index contributed by atoms with van der Waals surface area (Å²) in [5.41, 5.74) is 9.56. The molecule has 3 N–H and O–H groups in total. The van der Waals surface area contributed by atoms with Crippen LogP contribution < -0.4 is 25.3 Å². The topological polar surface area (TPSA) is 169 Å². The van der Waals surface area contributed by atoms with Crippen LogP contribution >= 0.6 is 0 Å². The Kier molecular flexibility index (Phi) is 11.4. The van der Waals surface area contributed by atoms with Crippen LogP contribution in [-0.2, 0) is 10.2 Å². The number of nitrogens with zero attached hydrogens (tertiary/aromatic N) is 8. The molecule has 326 valence electrons. The Morgan fingerprint density at radius 2 is 1.51 bits per heavy atom. The van der Waals surface area contributed by atoms with Gasteiger partial charge in [0.2, 0.25) is 5.91 Å². The lowest BCUT2D eigenvalue weighted by Crippen LogP contribution is -2.49. The molecule has 6 heterocycles. The van der Waals surface area contributed by atoms with E-state index in [0.717, 1.165) is 109 Å². The number of nitrogens with one attached hydrogen (secondary N) is 3. The van der Waals surface area contributed by atoms with Gasteiger partial charge in [-0.25, -0.2) is 14.8 Å². The van der Waals surface area contributed by atoms with E-state index in [-0.39, 0.29) is 29.3 Å². The molecule has 3 fully saturated rings. The highest BCUT2D eigenvalue weighted by Crippen LogP contribution is 2.33. The first-order valence-corrected chi connectivity index (χ1v) is 22.0. The Hall–Kier alpha value is -6.61. The summed E-state index contributed by atoms with van der Waals surface area (Å²) in [6.07, 6.45) is 4.25. The van der Waals surface area contributed by atoms with Crippen molar-refractivity contribution in [1.82, 2.24) is 40.6 Å². The van der Waals surface area contributed by atoms with Crippen LogP contribution in [0.25, 0.3) is 33.5 Å². The number of anilines is 3. The van der Waals surface area contributed by atoms with Crippen LogP contribution in [0.3, 0.4) is 0 Å². The van der Waals surface area contributed by atoms with E-state index in [1.54, 1.807) is 11.2 Å². The summed E-state index contributed by atoms with van der Waals surface area (Å²) >= 11 is 0. The number of carbonyl (C=O) groups excluding carboxylic acids is 3. The first-order chi connectivity index (χ1) is 30.4. The van der Waals surface area contributed by atoms with Gasteiger partial charge in [-0.15, -0.1) is 0 Å². The molecule has 15 nitrogen and oxygen atoms in total. The van der Waals surface area contributed by atoms with Gasteiger partial charge in [0.1, 0.15) is 12.0 Å². The lowest BCUT2D eigenvalue weighted by molar-refractivity contribution is -0.120. The number of fused-ring (bicyclic) bond motifs is 1.